The number of rotatable bonds is 6. The summed E-state index contributed by atoms with van der Waals surface area (Å²) in [6.45, 7) is 5.70. The molecule has 1 aliphatic rings. The zero-order valence-electron chi connectivity index (χ0n) is 12.9. The first-order valence-electron chi connectivity index (χ1n) is 8.20. The van der Waals surface area contributed by atoms with Crippen LogP contribution in [0.1, 0.15) is 51.5 Å². The molecular weight excluding hydrogens is 246 g/mol. The molecule has 2 N–H and O–H groups in total. The maximum Gasteiger partial charge on any atom is 0.115 e. The van der Waals surface area contributed by atoms with Crippen LogP contribution in [0.15, 0.2) is 24.3 Å². The summed E-state index contributed by atoms with van der Waals surface area (Å²) in [6, 6.07) is 8.30. The van der Waals surface area contributed by atoms with Crippen molar-refractivity contribution in [1.29, 1.82) is 0 Å². The fourth-order valence-electron chi connectivity index (χ4n) is 3.52. The number of phenols is 1. The molecule has 1 fully saturated rings. The fraction of sp³-hybridized carbons (Fsp3) is 0.667. The van der Waals surface area contributed by atoms with E-state index in [1.807, 2.05) is 12.1 Å². The van der Waals surface area contributed by atoms with Gasteiger partial charge in [0.25, 0.3) is 0 Å². The third-order valence-electron chi connectivity index (χ3n) is 4.57. The van der Waals surface area contributed by atoms with Crippen molar-refractivity contribution in [3.05, 3.63) is 29.8 Å². The molecule has 0 radical (unpaired) electrons. The highest BCUT2D eigenvalue weighted by Gasteiger charge is 2.26. The second kappa shape index (κ2) is 7.68. The summed E-state index contributed by atoms with van der Waals surface area (Å²) in [6.07, 6.45) is 7.68. The minimum Gasteiger partial charge on any atom is -0.508 e. The predicted molar refractivity (Wildman–Crippen MR) is 85.0 cm³/mol. The first kappa shape index (κ1) is 15.4. The highest BCUT2D eigenvalue weighted by Crippen LogP contribution is 2.32. The van der Waals surface area contributed by atoms with Crippen LogP contribution in [-0.4, -0.2) is 17.7 Å². The van der Waals surface area contributed by atoms with Crippen LogP contribution in [0.3, 0.4) is 0 Å². The predicted octanol–water partition coefficient (Wildman–Crippen LogP) is 4.13. The van der Waals surface area contributed by atoms with Crippen LogP contribution in [0, 0.1) is 11.8 Å². The van der Waals surface area contributed by atoms with Gasteiger partial charge in [-0.25, -0.2) is 0 Å². The Morgan fingerprint density at radius 2 is 2.20 bits per heavy atom. The first-order valence-corrected chi connectivity index (χ1v) is 8.20. The molecule has 1 aliphatic carbocycles. The molecule has 20 heavy (non-hydrogen) atoms. The van der Waals surface area contributed by atoms with Gasteiger partial charge in [0.15, 0.2) is 0 Å². The van der Waals surface area contributed by atoms with Gasteiger partial charge in [0, 0.05) is 6.04 Å². The number of benzene rings is 1. The smallest absolute Gasteiger partial charge is 0.115 e. The molecule has 3 unspecified atom stereocenters. The quantitative estimate of drug-likeness (QED) is 0.818. The Kier molecular flexibility index (Phi) is 5.90. The summed E-state index contributed by atoms with van der Waals surface area (Å²) in [5.74, 6) is 2.03. The Morgan fingerprint density at radius 1 is 1.35 bits per heavy atom. The summed E-state index contributed by atoms with van der Waals surface area (Å²) < 4.78 is 0. The molecule has 2 heteroatoms. The highest BCUT2D eigenvalue weighted by atomic mass is 16.3. The van der Waals surface area contributed by atoms with Gasteiger partial charge < -0.3 is 10.4 Å². The van der Waals surface area contributed by atoms with Crippen molar-refractivity contribution in [3.63, 3.8) is 0 Å². The van der Waals surface area contributed by atoms with Gasteiger partial charge in [-0.05, 0) is 61.8 Å². The van der Waals surface area contributed by atoms with Crippen molar-refractivity contribution in [2.75, 3.05) is 6.54 Å². The van der Waals surface area contributed by atoms with Crippen molar-refractivity contribution < 1.29 is 5.11 Å². The van der Waals surface area contributed by atoms with Gasteiger partial charge in [-0.1, -0.05) is 38.8 Å². The Bertz CT molecular complexity index is 404. The summed E-state index contributed by atoms with van der Waals surface area (Å²) in [5.41, 5.74) is 1.25. The third-order valence-corrected chi connectivity index (χ3v) is 4.57. The standard InChI is InChI=1S/C18H29NO/c1-3-10-19-18(16-8-4-6-14(2)11-16)13-15-7-5-9-17(20)12-15/h5,7,9,12,14,16,18-20H,3-4,6,8,10-11,13H2,1-2H3. The lowest BCUT2D eigenvalue weighted by molar-refractivity contribution is 0.221. The van der Waals surface area contributed by atoms with E-state index in [2.05, 4.69) is 25.2 Å². The topological polar surface area (TPSA) is 32.3 Å². The lowest BCUT2D eigenvalue weighted by Crippen LogP contribution is -2.40. The van der Waals surface area contributed by atoms with E-state index in [0.29, 0.717) is 11.8 Å². The van der Waals surface area contributed by atoms with Crippen LogP contribution in [0.25, 0.3) is 0 Å². The largest absolute Gasteiger partial charge is 0.508 e. The molecule has 1 aromatic carbocycles. The van der Waals surface area contributed by atoms with Gasteiger partial charge in [0.05, 0.1) is 0 Å². The number of phenolic OH excluding ortho intramolecular Hbond substituents is 1. The van der Waals surface area contributed by atoms with Crippen molar-refractivity contribution in [1.82, 2.24) is 5.32 Å². The Labute approximate surface area is 123 Å². The maximum atomic E-state index is 9.63. The Morgan fingerprint density at radius 3 is 2.90 bits per heavy atom. The number of aromatic hydroxyl groups is 1. The highest BCUT2D eigenvalue weighted by molar-refractivity contribution is 5.27. The van der Waals surface area contributed by atoms with Crippen LogP contribution >= 0.6 is 0 Å². The number of hydrogen-bond acceptors (Lipinski definition) is 2. The molecule has 0 spiro atoms. The molecule has 0 aromatic heterocycles. The maximum absolute atomic E-state index is 9.63. The molecule has 2 nitrogen and oxygen atoms in total. The van der Waals surface area contributed by atoms with E-state index in [-0.39, 0.29) is 0 Å². The van der Waals surface area contributed by atoms with E-state index < -0.39 is 0 Å². The van der Waals surface area contributed by atoms with Gasteiger partial charge in [-0.15, -0.1) is 0 Å². The molecule has 112 valence electrons. The first-order chi connectivity index (χ1) is 9.69. The minimum atomic E-state index is 0.383. The molecule has 2 rings (SSSR count). The summed E-state index contributed by atoms with van der Waals surface area (Å²) in [4.78, 5) is 0. The minimum absolute atomic E-state index is 0.383. The SMILES string of the molecule is CCCNC(Cc1cccc(O)c1)C1CCCC(C)C1. The number of hydrogen-bond donors (Lipinski definition) is 2. The Hall–Kier alpha value is -1.02. The lowest BCUT2D eigenvalue weighted by atomic mass is 9.77. The molecule has 0 saturated heterocycles. The van der Waals surface area contributed by atoms with Crippen molar-refractivity contribution in [2.45, 2.75) is 58.4 Å². The van der Waals surface area contributed by atoms with Crippen molar-refractivity contribution in [3.8, 4) is 5.75 Å². The summed E-state index contributed by atoms with van der Waals surface area (Å²) in [7, 11) is 0. The zero-order valence-corrected chi connectivity index (χ0v) is 12.9. The van der Waals surface area contributed by atoms with Crippen LogP contribution in [0.4, 0.5) is 0 Å². The number of nitrogens with one attached hydrogen (secondary N) is 1. The second-order valence-corrected chi connectivity index (χ2v) is 6.47. The van der Waals surface area contributed by atoms with Crippen LogP contribution < -0.4 is 5.32 Å². The molecule has 0 aliphatic heterocycles. The monoisotopic (exact) mass is 275 g/mol. The van der Waals surface area contributed by atoms with Gasteiger partial charge in [-0.3, -0.25) is 0 Å². The molecule has 0 bridgehead atoms. The van der Waals surface area contributed by atoms with E-state index in [1.54, 1.807) is 6.07 Å². The van der Waals surface area contributed by atoms with E-state index >= 15 is 0 Å². The van der Waals surface area contributed by atoms with E-state index in [4.69, 9.17) is 0 Å². The van der Waals surface area contributed by atoms with Gasteiger partial charge in [0.1, 0.15) is 5.75 Å². The van der Waals surface area contributed by atoms with Gasteiger partial charge in [0.2, 0.25) is 0 Å². The van der Waals surface area contributed by atoms with E-state index in [9.17, 15) is 5.11 Å². The summed E-state index contributed by atoms with van der Waals surface area (Å²) in [5, 5.41) is 13.4. The third kappa shape index (κ3) is 4.52. The molecule has 0 heterocycles. The van der Waals surface area contributed by atoms with E-state index in [0.717, 1.165) is 24.8 Å². The molecule has 3 atom stereocenters. The van der Waals surface area contributed by atoms with Gasteiger partial charge in [-0.2, -0.15) is 0 Å². The van der Waals surface area contributed by atoms with Crippen LogP contribution in [-0.2, 0) is 6.42 Å². The Balaban J connectivity index is 2.02. The lowest BCUT2D eigenvalue weighted by Gasteiger charge is -2.34. The normalized spacial score (nSPS) is 24.5. The molecular formula is C18H29NO. The van der Waals surface area contributed by atoms with Gasteiger partial charge >= 0.3 is 0 Å². The average Bonchev–Trinajstić information content (AvgIpc) is 2.43. The van der Waals surface area contributed by atoms with Crippen LogP contribution in [0.2, 0.25) is 0 Å². The zero-order chi connectivity index (χ0) is 14.4. The molecule has 0 amide bonds. The molecule has 1 saturated carbocycles. The average molecular weight is 275 g/mol. The molecule has 1 aromatic rings. The van der Waals surface area contributed by atoms with Crippen molar-refractivity contribution >= 4 is 0 Å². The second-order valence-electron chi connectivity index (χ2n) is 6.47. The van der Waals surface area contributed by atoms with Crippen molar-refractivity contribution in [2.24, 2.45) is 11.8 Å². The van der Waals surface area contributed by atoms with E-state index in [1.165, 1.54) is 37.7 Å². The van der Waals surface area contributed by atoms with Crippen LogP contribution in [0.5, 0.6) is 5.75 Å². The fourth-order valence-corrected chi connectivity index (χ4v) is 3.52. The summed E-state index contributed by atoms with van der Waals surface area (Å²) >= 11 is 0.